The lowest BCUT2D eigenvalue weighted by molar-refractivity contribution is 0.0744. The molecule has 0 fully saturated rings. The zero-order valence-electron chi connectivity index (χ0n) is 12.4. The molecule has 0 radical (unpaired) electrons. The average Bonchev–Trinajstić information content (AvgIpc) is 2.83. The van der Waals surface area contributed by atoms with E-state index in [1.54, 1.807) is 28.9 Å². The predicted molar refractivity (Wildman–Crippen MR) is 81.9 cm³/mol. The number of hydrogen-bond donors (Lipinski definition) is 2. The fraction of sp³-hybridized carbons (Fsp3) is 0.400. The van der Waals surface area contributed by atoms with Crippen LogP contribution >= 0.6 is 0 Å². The number of anilines is 1. The van der Waals surface area contributed by atoms with E-state index in [-0.39, 0.29) is 6.61 Å². The van der Waals surface area contributed by atoms with Gasteiger partial charge >= 0.3 is 0 Å². The Morgan fingerprint density at radius 1 is 1.38 bits per heavy atom. The molecule has 0 aliphatic carbocycles. The molecule has 0 aliphatic rings. The van der Waals surface area contributed by atoms with Crippen molar-refractivity contribution in [3.63, 3.8) is 0 Å². The van der Waals surface area contributed by atoms with Gasteiger partial charge in [-0.25, -0.2) is 0 Å². The number of hydrogen-bond acceptors (Lipinski definition) is 5. The van der Waals surface area contributed by atoms with E-state index in [9.17, 15) is 5.11 Å². The number of nitrogens with zero attached hydrogens (tertiary/aromatic N) is 3. The molecule has 2 aromatic rings. The number of rotatable bonds is 7. The molecular formula is C15H22N4O2. The zero-order chi connectivity index (χ0) is 15.2. The Labute approximate surface area is 124 Å². The fourth-order valence-electron chi connectivity index (χ4n) is 2.10. The van der Waals surface area contributed by atoms with E-state index in [0.717, 1.165) is 12.1 Å². The first kappa shape index (κ1) is 15.3. The maximum Gasteiger partial charge on any atom is 0.119 e. The number of aryl methyl sites for hydroxylation is 1. The number of aliphatic hydroxyl groups is 1. The molecule has 0 aliphatic heterocycles. The second-order valence-corrected chi connectivity index (χ2v) is 5.25. The summed E-state index contributed by atoms with van der Waals surface area (Å²) in [7, 11) is 3.85. The maximum atomic E-state index is 10.0. The van der Waals surface area contributed by atoms with Crippen molar-refractivity contribution in [2.24, 2.45) is 7.05 Å². The van der Waals surface area contributed by atoms with Crippen LogP contribution in [0.15, 0.2) is 36.7 Å². The quantitative estimate of drug-likeness (QED) is 0.740. The zero-order valence-corrected chi connectivity index (χ0v) is 12.4. The second kappa shape index (κ2) is 7.10. The first-order valence-corrected chi connectivity index (χ1v) is 6.85. The van der Waals surface area contributed by atoms with E-state index >= 15 is 0 Å². The van der Waals surface area contributed by atoms with Gasteiger partial charge in [0.2, 0.25) is 0 Å². The van der Waals surface area contributed by atoms with Gasteiger partial charge in [0.05, 0.1) is 6.20 Å². The molecule has 6 heteroatoms. The summed E-state index contributed by atoms with van der Waals surface area (Å²) < 4.78 is 7.30. The van der Waals surface area contributed by atoms with Crippen molar-refractivity contribution in [2.75, 3.05) is 25.9 Å². The van der Waals surface area contributed by atoms with Gasteiger partial charge in [-0.05, 0) is 31.3 Å². The Morgan fingerprint density at radius 2 is 2.10 bits per heavy atom. The summed E-state index contributed by atoms with van der Waals surface area (Å²) in [5, 5.41) is 14.1. The summed E-state index contributed by atoms with van der Waals surface area (Å²) in [6, 6.07) is 7.13. The highest BCUT2D eigenvalue weighted by atomic mass is 16.5. The van der Waals surface area contributed by atoms with Gasteiger partial charge in [0.25, 0.3) is 0 Å². The molecule has 0 amide bonds. The van der Waals surface area contributed by atoms with Gasteiger partial charge in [0.15, 0.2) is 0 Å². The number of aliphatic hydroxyl groups excluding tert-OH is 1. The van der Waals surface area contributed by atoms with Gasteiger partial charge in [0.1, 0.15) is 18.5 Å². The summed E-state index contributed by atoms with van der Waals surface area (Å²) in [5.74, 6) is 0.707. The molecule has 1 atom stereocenters. The van der Waals surface area contributed by atoms with Crippen molar-refractivity contribution < 1.29 is 9.84 Å². The minimum atomic E-state index is -0.552. The number of aromatic nitrogens is 2. The lowest BCUT2D eigenvalue weighted by Crippen LogP contribution is -2.32. The van der Waals surface area contributed by atoms with Crippen LogP contribution in [0.5, 0.6) is 5.75 Å². The monoisotopic (exact) mass is 290 g/mol. The number of nitrogens with two attached hydrogens (primary N) is 1. The Hall–Kier alpha value is -2.05. The van der Waals surface area contributed by atoms with E-state index in [1.165, 1.54) is 0 Å². The minimum Gasteiger partial charge on any atom is -0.491 e. The molecule has 1 unspecified atom stereocenters. The molecule has 1 aromatic heterocycles. The highest BCUT2D eigenvalue weighted by molar-refractivity contribution is 5.41. The van der Waals surface area contributed by atoms with Crippen LogP contribution < -0.4 is 10.5 Å². The largest absolute Gasteiger partial charge is 0.491 e. The molecule has 2 rings (SSSR count). The summed E-state index contributed by atoms with van der Waals surface area (Å²) >= 11 is 0. The lowest BCUT2D eigenvalue weighted by atomic mass is 10.3. The molecule has 3 N–H and O–H groups in total. The molecule has 1 aromatic carbocycles. The molecular weight excluding hydrogens is 268 g/mol. The van der Waals surface area contributed by atoms with Crippen molar-refractivity contribution in [3.05, 3.63) is 42.2 Å². The molecule has 114 valence electrons. The van der Waals surface area contributed by atoms with E-state index in [0.29, 0.717) is 18.0 Å². The molecule has 1 heterocycles. The Bertz CT molecular complexity index is 553. The van der Waals surface area contributed by atoms with Crippen LogP contribution in [0.1, 0.15) is 5.56 Å². The van der Waals surface area contributed by atoms with Crippen molar-refractivity contribution >= 4 is 5.69 Å². The fourth-order valence-corrected chi connectivity index (χ4v) is 2.10. The topological polar surface area (TPSA) is 76.5 Å². The van der Waals surface area contributed by atoms with Crippen LogP contribution in [0.3, 0.4) is 0 Å². The Kier molecular flexibility index (Phi) is 5.19. The highest BCUT2D eigenvalue weighted by Crippen LogP contribution is 2.13. The van der Waals surface area contributed by atoms with E-state index in [4.69, 9.17) is 10.5 Å². The van der Waals surface area contributed by atoms with Crippen molar-refractivity contribution in [2.45, 2.75) is 12.6 Å². The van der Waals surface area contributed by atoms with Gasteiger partial charge in [0, 0.05) is 37.6 Å². The first-order chi connectivity index (χ1) is 10.0. The van der Waals surface area contributed by atoms with Crippen molar-refractivity contribution in [3.8, 4) is 5.75 Å². The molecule has 6 nitrogen and oxygen atoms in total. The second-order valence-electron chi connectivity index (χ2n) is 5.25. The summed E-state index contributed by atoms with van der Waals surface area (Å²) in [6.45, 7) is 1.53. The summed E-state index contributed by atoms with van der Waals surface area (Å²) in [4.78, 5) is 2.04. The normalized spacial score (nSPS) is 12.6. The Balaban J connectivity index is 1.73. The first-order valence-electron chi connectivity index (χ1n) is 6.85. The maximum absolute atomic E-state index is 10.0. The van der Waals surface area contributed by atoms with Crippen molar-refractivity contribution in [1.82, 2.24) is 14.7 Å². The van der Waals surface area contributed by atoms with E-state index in [2.05, 4.69) is 5.10 Å². The van der Waals surface area contributed by atoms with Crippen LogP contribution in [0.4, 0.5) is 5.69 Å². The third-order valence-electron chi connectivity index (χ3n) is 3.06. The van der Waals surface area contributed by atoms with Crippen LogP contribution in [-0.2, 0) is 13.6 Å². The number of benzene rings is 1. The lowest BCUT2D eigenvalue weighted by Gasteiger charge is -2.20. The van der Waals surface area contributed by atoms with Gasteiger partial charge in [-0.3, -0.25) is 9.58 Å². The summed E-state index contributed by atoms with van der Waals surface area (Å²) in [5.41, 5.74) is 7.42. The number of likely N-dealkylation sites (N-methyl/N-ethyl adjacent to an activating group) is 1. The third-order valence-corrected chi connectivity index (χ3v) is 3.06. The van der Waals surface area contributed by atoms with Crippen LogP contribution in [0, 0.1) is 0 Å². The molecule has 0 bridgehead atoms. The van der Waals surface area contributed by atoms with Crippen LogP contribution in [0.2, 0.25) is 0 Å². The molecule has 0 spiro atoms. The third kappa shape index (κ3) is 5.09. The molecule has 0 saturated heterocycles. The van der Waals surface area contributed by atoms with Gasteiger partial charge in [-0.1, -0.05) is 0 Å². The van der Waals surface area contributed by atoms with E-state index in [1.807, 2.05) is 31.4 Å². The Morgan fingerprint density at radius 3 is 2.71 bits per heavy atom. The van der Waals surface area contributed by atoms with E-state index < -0.39 is 6.10 Å². The smallest absolute Gasteiger partial charge is 0.119 e. The van der Waals surface area contributed by atoms with Gasteiger partial charge in [-0.2, -0.15) is 5.10 Å². The molecule has 0 saturated carbocycles. The number of ether oxygens (including phenoxy) is 1. The van der Waals surface area contributed by atoms with Crippen molar-refractivity contribution in [1.29, 1.82) is 0 Å². The standard InChI is InChI=1S/C15H22N4O2/c1-18(8-12-7-17-19(2)9-12)10-14(20)11-21-15-5-3-13(16)4-6-15/h3-7,9,14,20H,8,10-11,16H2,1-2H3. The summed E-state index contributed by atoms with van der Waals surface area (Å²) in [6.07, 6.45) is 3.24. The van der Waals surface area contributed by atoms with Crippen LogP contribution in [0.25, 0.3) is 0 Å². The van der Waals surface area contributed by atoms with Crippen LogP contribution in [-0.4, -0.2) is 46.1 Å². The molecule has 21 heavy (non-hydrogen) atoms. The minimum absolute atomic E-state index is 0.251. The average molecular weight is 290 g/mol. The predicted octanol–water partition coefficient (Wildman–Crippen LogP) is 0.874. The SMILES string of the molecule is CN(Cc1cnn(C)c1)CC(O)COc1ccc(N)cc1. The van der Waals surface area contributed by atoms with Gasteiger partial charge in [-0.15, -0.1) is 0 Å². The highest BCUT2D eigenvalue weighted by Gasteiger charge is 2.10. The van der Waals surface area contributed by atoms with Gasteiger partial charge < -0.3 is 15.6 Å². The number of nitrogen functional groups attached to an aromatic ring is 1.